The molecule has 6 nitrogen and oxygen atoms in total. The van der Waals surface area contributed by atoms with Crippen LogP contribution in [0.25, 0.3) is 0 Å². The summed E-state index contributed by atoms with van der Waals surface area (Å²) in [7, 11) is 0. The second-order valence-corrected chi connectivity index (χ2v) is 8.61. The summed E-state index contributed by atoms with van der Waals surface area (Å²) in [4.78, 5) is 25.1. The first-order valence-electron chi connectivity index (χ1n) is 11.4. The predicted molar refractivity (Wildman–Crippen MR) is 118 cm³/mol. The number of ether oxygens (including phenoxy) is 1. The topological polar surface area (TPSA) is 61.5 Å². The summed E-state index contributed by atoms with van der Waals surface area (Å²) < 4.78 is 5.99. The lowest BCUT2D eigenvalue weighted by Gasteiger charge is -2.37. The van der Waals surface area contributed by atoms with Crippen LogP contribution in [0.4, 0.5) is 0 Å². The van der Waals surface area contributed by atoms with Gasteiger partial charge in [-0.15, -0.1) is 0 Å². The van der Waals surface area contributed by atoms with Crippen LogP contribution in [-0.2, 0) is 17.6 Å². The number of H-pyrrole nitrogens is 1. The average molecular weight is 411 g/mol. The molecule has 1 atom stereocenters. The summed E-state index contributed by atoms with van der Waals surface area (Å²) in [5.41, 5.74) is 3.19. The molecule has 1 amide bonds. The number of nitrogens with one attached hydrogen (secondary N) is 1. The molecule has 1 aromatic heterocycles. The molecule has 1 fully saturated rings. The summed E-state index contributed by atoms with van der Waals surface area (Å²) in [6.45, 7) is 6.20. The molecular formula is C24H34N4O2. The van der Waals surface area contributed by atoms with Crippen molar-refractivity contribution in [2.45, 2.75) is 57.9 Å². The smallest absolute Gasteiger partial charge is 0.228 e. The van der Waals surface area contributed by atoms with Crippen molar-refractivity contribution in [2.75, 3.05) is 32.8 Å². The Labute approximate surface area is 179 Å². The maximum Gasteiger partial charge on any atom is 0.228 e. The number of fused-ring (bicyclic) bond motifs is 3. The largest absolute Gasteiger partial charge is 0.494 e. The number of rotatable bonds is 2. The van der Waals surface area contributed by atoms with Gasteiger partial charge in [0.25, 0.3) is 0 Å². The number of hydrogen-bond acceptors (Lipinski definition) is 4. The van der Waals surface area contributed by atoms with Crippen molar-refractivity contribution in [3.05, 3.63) is 47.5 Å². The van der Waals surface area contributed by atoms with E-state index < -0.39 is 0 Å². The highest BCUT2D eigenvalue weighted by atomic mass is 16.5. The van der Waals surface area contributed by atoms with E-state index in [4.69, 9.17) is 4.74 Å². The highest BCUT2D eigenvalue weighted by molar-refractivity contribution is 5.78. The van der Waals surface area contributed by atoms with E-state index >= 15 is 0 Å². The zero-order chi connectivity index (χ0) is 20.8. The molecule has 0 saturated carbocycles. The number of aryl methyl sites for hydroxylation is 2. The second kappa shape index (κ2) is 10.1. The lowest BCUT2D eigenvalue weighted by Crippen LogP contribution is -2.46. The van der Waals surface area contributed by atoms with Crippen LogP contribution >= 0.6 is 0 Å². The van der Waals surface area contributed by atoms with Gasteiger partial charge in [-0.3, -0.25) is 9.69 Å². The van der Waals surface area contributed by atoms with Crippen LogP contribution in [0, 0.1) is 6.92 Å². The number of aromatic nitrogens is 2. The zero-order valence-electron chi connectivity index (χ0n) is 18.1. The van der Waals surface area contributed by atoms with E-state index in [1.54, 1.807) is 6.33 Å². The van der Waals surface area contributed by atoms with Gasteiger partial charge in [-0.25, -0.2) is 4.98 Å². The number of amides is 1. The highest BCUT2D eigenvalue weighted by Crippen LogP contribution is 2.23. The Bertz CT molecular complexity index is 834. The van der Waals surface area contributed by atoms with Crippen molar-refractivity contribution in [1.29, 1.82) is 0 Å². The van der Waals surface area contributed by atoms with E-state index in [1.807, 2.05) is 17.9 Å². The number of carbonyl (C=O) groups excluding carboxylic acids is 1. The van der Waals surface area contributed by atoms with Gasteiger partial charge in [0.15, 0.2) is 0 Å². The maximum absolute atomic E-state index is 13.1. The Balaban J connectivity index is 1.47. The Morgan fingerprint density at radius 1 is 1.17 bits per heavy atom. The Hall–Kier alpha value is -2.34. The van der Waals surface area contributed by atoms with Crippen LogP contribution in [0.3, 0.4) is 0 Å². The molecule has 162 valence electrons. The van der Waals surface area contributed by atoms with Gasteiger partial charge < -0.3 is 14.6 Å². The number of benzene rings is 1. The number of hydrogen-bond donors (Lipinski definition) is 1. The minimum absolute atomic E-state index is 0.160. The summed E-state index contributed by atoms with van der Waals surface area (Å²) in [5.74, 6) is 1.10. The van der Waals surface area contributed by atoms with Crippen molar-refractivity contribution in [1.82, 2.24) is 19.8 Å². The maximum atomic E-state index is 13.1. The zero-order valence-corrected chi connectivity index (χ0v) is 18.1. The molecule has 1 aromatic carbocycles. The lowest BCUT2D eigenvalue weighted by molar-refractivity contribution is -0.131. The van der Waals surface area contributed by atoms with E-state index in [0.717, 1.165) is 56.2 Å². The van der Waals surface area contributed by atoms with Crippen LogP contribution in [0.15, 0.2) is 30.6 Å². The fraction of sp³-hybridized carbons (Fsp3) is 0.583. The quantitative estimate of drug-likeness (QED) is 0.825. The van der Waals surface area contributed by atoms with Gasteiger partial charge in [-0.05, 0) is 63.3 Å². The molecule has 4 rings (SSSR count). The second-order valence-electron chi connectivity index (χ2n) is 8.61. The number of imidazole rings is 1. The Morgan fingerprint density at radius 2 is 2.10 bits per heavy atom. The van der Waals surface area contributed by atoms with Gasteiger partial charge in [0.2, 0.25) is 5.91 Å². The third-order valence-electron chi connectivity index (χ3n) is 6.52. The molecule has 2 bridgehead atoms. The summed E-state index contributed by atoms with van der Waals surface area (Å²) in [6.07, 6.45) is 8.95. The molecule has 2 aliphatic heterocycles. The van der Waals surface area contributed by atoms with Gasteiger partial charge in [0, 0.05) is 31.4 Å². The molecule has 1 N–H and O–H groups in total. The minimum Gasteiger partial charge on any atom is -0.494 e. The first-order chi connectivity index (χ1) is 14.7. The molecule has 3 heterocycles. The SMILES string of the molecule is Cc1[nH]cnc1CC(=O)N1CCCOc2cccc(c2)CCC2CCCCN2CC1. The molecular weight excluding hydrogens is 376 g/mol. The van der Waals surface area contributed by atoms with Crippen LogP contribution < -0.4 is 4.74 Å². The molecule has 1 saturated heterocycles. The molecule has 2 aliphatic rings. The molecule has 0 radical (unpaired) electrons. The fourth-order valence-electron chi connectivity index (χ4n) is 4.68. The molecule has 30 heavy (non-hydrogen) atoms. The third-order valence-corrected chi connectivity index (χ3v) is 6.52. The van der Waals surface area contributed by atoms with Gasteiger partial charge in [-0.1, -0.05) is 18.6 Å². The van der Waals surface area contributed by atoms with Crippen molar-refractivity contribution in [3.63, 3.8) is 0 Å². The molecule has 6 heteroatoms. The Kier molecular flexibility index (Phi) is 7.05. The number of aromatic amines is 1. The summed E-state index contributed by atoms with van der Waals surface area (Å²) in [5, 5.41) is 0. The molecule has 1 unspecified atom stereocenters. The first-order valence-corrected chi connectivity index (χ1v) is 11.4. The van der Waals surface area contributed by atoms with Crippen molar-refractivity contribution >= 4 is 5.91 Å². The van der Waals surface area contributed by atoms with Crippen LogP contribution in [0.5, 0.6) is 5.75 Å². The Morgan fingerprint density at radius 3 is 2.97 bits per heavy atom. The molecule has 2 aromatic rings. The standard InChI is InChI=1S/C24H34N4O2/c1-19-23(26-18-25-19)17-24(29)28-12-5-15-30-22-8-4-6-20(16-22)9-10-21-7-2-3-11-27(21)13-14-28/h4,6,8,16,18,21H,2-3,5,7,9-15,17H2,1H3,(H,25,26). The van der Waals surface area contributed by atoms with E-state index in [-0.39, 0.29) is 5.91 Å². The van der Waals surface area contributed by atoms with Crippen molar-refractivity contribution in [3.8, 4) is 5.75 Å². The van der Waals surface area contributed by atoms with Crippen LogP contribution in [0.2, 0.25) is 0 Å². The number of nitrogens with zero attached hydrogens (tertiary/aromatic N) is 3. The van der Waals surface area contributed by atoms with E-state index in [0.29, 0.717) is 19.1 Å². The molecule has 0 aliphatic carbocycles. The third kappa shape index (κ3) is 5.42. The van der Waals surface area contributed by atoms with Gasteiger partial charge >= 0.3 is 0 Å². The van der Waals surface area contributed by atoms with Gasteiger partial charge in [0.1, 0.15) is 5.75 Å². The average Bonchev–Trinajstić information content (AvgIpc) is 3.16. The highest BCUT2D eigenvalue weighted by Gasteiger charge is 2.24. The van der Waals surface area contributed by atoms with Crippen LogP contribution in [-0.4, -0.2) is 64.5 Å². The van der Waals surface area contributed by atoms with Gasteiger partial charge in [0.05, 0.1) is 25.0 Å². The number of piperidine rings is 1. The lowest BCUT2D eigenvalue weighted by atomic mass is 9.95. The number of carbonyl (C=O) groups is 1. The van der Waals surface area contributed by atoms with Crippen molar-refractivity contribution in [2.24, 2.45) is 0 Å². The monoisotopic (exact) mass is 410 g/mol. The first kappa shape index (κ1) is 20.9. The summed E-state index contributed by atoms with van der Waals surface area (Å²) in [6, 6.07) is 9.13. The predicted octanol–water partition coefficient (Wildman–Crippen LogP) is 3.36. The minimum atomic E-state index is 0.160. The van der Waals surface area contributed by atoms with E-state index in [1.165, 1.54) is 31.2 Å². The fourth-order valence-corrected chi connectivity index (χ4v) is 4.68. The van der Waals surface area contributed by atoms with E-state index in [2.05, 4.69) is 33.1 Å². The van der Waals surface area contributed by atoms with Gasteiger partial charge in [-0.2, -0.15) is 0 Å². The van der Waals surface area contributed by atoms with Crippen molar-refractivity contribution < 1.29 is 9.53 Å². The normalized spacial score (nSPS) is 21.4. The molecule has 0 spiro atoms. The van der Waals surface area contributed by atoms with E-state index in [9.17, 15) is 4.79 Å². The van der Waals surface area contributed by atoms with Crippen LogP contribution in [0.1, 0.15) is 49.1 Å². The summed E-state index contributed by atoms with van der Waals surface area (Å²) >= 11 is 0.